The van der Waals surface area contributed by atoms with Crippen LogP contribution in [0.5, 0.6) is 0 Å². The van der Waals surface area contributed by atoms with Crippen LogP contribution in [0, 0.1) is 5.41 Å². The number of amides is 2. The summed E-state index contributed by atoms with van der Waals surface area (Å²) in [6.07, 6.45) is -2.13. The van der Waals surface area contributed by atoms with Crippen molar-refractivity contribution >= 4 is 63.4 Å². The van der Waals surface area contributed by atoms with Gasteiger partial charge in [-0.1, -0.05) is 24.2 Å². The average Bonchev–Trinajstić information content (AvgIpc) is 3.35. The van der Waals surface area contributed by atoms with Crippen LogP contribution in [0.1, 0.15) is 19.4 Å². The quantitative estimate of drug-likeness (QED) is 0.274. The predicted molar refractivity (Wildman–Crippen MR) is 176 cm³/mol. The number of pyridine rings is 1. The van der Waals surface area contributed by atoms with Gasteiger partial charge in [0, 0.05) is 69.8 Å². The Labute approximate surface area is 280 Å². The molecule has 4 aromatic rings. The number of nitrogens with one attached hydrogen (secondary N) is 2. The summed E-state index contributed by atoms with van der Waals surface area (Å²) in [6.45, 7) is 7.60. The number of thiophene rings is 1. The molecule has 0 saturated carbocycles. The summed E-state index contributed by atoms with van der Waals surface area (Å²) in [5.74, 6) is -0.0442. The van der Waals surface area contributed by atoms with Gasteiger partial charge < -0.3 is 15.1 Å². The van der Waals surface area contributed by atoms with E-state index in [0.717, 1.165) is 33.7 Å². The Morgan fingerprint density at radius 3 is 2.51 bits per heavy atom. The molecule has 5 heterocycles. The zero-order chi connectivity index (χ0) is 33.8. The third-order valence-electron chi connectivity index (χ3n) is 8.20. The lowest BCUT2D eigenvalue weighted by Gasteiger charge is -2.44. The smallest absolute Gasteiger partial charge is 0.352 e. The van der Waals surface area contributed by atoms with Gasteiger partial charge in [0.1, 0.15) is 11.3 Å². The number of hydrogen-bond donors (Lipinski definition) is 2. The van der Waals surface area contributed by atoms with Crippen LogP contribution < -0.4 is 21.4 Å². The molecule has 0 aliphatic carbocycles. The topological polar surface area (TPSA) is 116 Å². The van der Waals surface area contributed by atoms with Crippen molar-refractivity contribution in [3.8, 4) is 10.4 Å². The second-order valence-corrected chi connectivity index (χ2v) is 13.8. The van der Waals surface area contributed by atoms with E-state index in [9.17, 15) is 27.6 Å². The molecule has 16 heteroatoms. The van der Waals surface area contributed by atoms with E-state index in [-0.39, 0.29) is 85.9 Å². The lowest BCUT2D eigenvalue weighted by molar-refractivity contribution is -0.137. The van der Waals surface area contributed by atoms with E-state index < -0.39 is 29.5 Å². The molecule has 0 spiro atoms. The Bertz CT molecular complexity index is 2030. The first-order chi connectivity index (χ1) is 22.3. The molecule has 246 valence electrons. The molecule has 47 heavy (non-hydrogen) atoms. The number of hydrogen-bond acceptors (Lipinski definition) is 8. The first-order valence-electron chi connectivity index (χ1n) is 14.6. The zero-order valence-corrected chi connectivity index (χ0v) is 27.6. The lowest BCUT2D eigenvalue weighted by atomic mass is 10.0. The van der Waals surface area contributed by atoms with Crippen LogP contribution >= 0.6 is 34.7 Å². The van der Waals surface area contributed by atoms with Crippen LogP contribution in [0.15, 0.2) is 64.3 Å². The van der Waals surface area contributed by atoms with E-state index in [1.54, 1.807) is 27.3 Å². The largest absolute Gasteiger partial charge is 0.417 e. The summed E-state index contributed by atoms with van der Waals surface area (Å²) >= 11 is 8.36. The van der Waals surface area contributed by atoms with E-state index in [1.165, 1.54) is 29.0 Å². The molecule has 2 aliphatic rings. The van der Waals surface area contributed by atoms with Crippen LogP contribution in [0.4, 0.5) is 23.8 Å². The number of carbonyl (C=O) groups is 2. The first kappa shape index (κ1) is 32.8. The first-order valence-corrected chi connectivity index (χ1v) is 16.8. The zero-order valence-electron chi connectivity index (χ0n) is 25.2. The van der Waals surface area contributed by atoms with E-state index in [1.807, 2.05) is 13.8 Å². The number of anilines is 1. The fourth-order valence-corrected chi connectivity index (χ4v) is 8.78. The average molecular weight is 704 g/mol. The van der Waals surface area contributed by atoms with Gasteiger partial charge in [-0.05, 0) is 44.2 Å². The van der Waals surface area contributed by atoms with E-state index in [4.69, 9.17) is 17.0 Å². The standard InChI is InChI=1S/C31H29ClF3N7O3S2/c1-4-24(43)42-16(2)11-39(12-17(42)3)28-20-10-21(31(33,34)35)25(22-9-18(32)14-46-22)27-26(20)41(30(45)38-28)13-19(15-47-27)37-29(44)40-8-6-5-7-23(40)36/h4-10,14,16-17,19,36H,1,11-13,15H2,2-3H3,(H,37,44)/t16-,17+,19?. The van der Waals surface area contributed by atoms with Crippen LogP contribution in [0.25, 0.3) is 21.3 Å². The molecule has 2 N–H and O–H groups in total. The highest BCUT2D eigenvalue weighted by atomic mass is 35.5. The summed E-state index contributed by atoms with van der Waals surface area (Å²) in [7, 11) is 0. The number of thioether (sulfide) groups is 1. The molecule has 2 amide bonds. The van der Waals surface area contributed by atoms with Gasteiger partial charge in [0.05, 0.1) is 22.1 Å². The Hall–Kier alpha value is -4.08. The van der Waals surface area contributed by atoms with Gasteiger partial charge in [-0.15, -0.1) is 23.1 Å². The molecular formula is C31H29ClF3N7O3S2. The van der Waals surface area contributed by atoms with E-state index >= 15 is 0 Å². The van der Waals surface area contributed by atoms with Crippen molar-refractivity contribution in [1.82, 2.24) is 24.3 Å². The summed E-state index contributed by atoms with van der Waals surface area (Å²) < 4.78 is 47.3. The summed E-state index contributed by atoms with van der Waals surface area (Å²) in [5, 5.41) is 12.9. The van der Waals surface area contributed by atoms with Gasteiger partial charge in [0.2, 0.25) is 5.91 Å². The molecule has 2 aliphatic heterocycles. The molecular weight excluding hydrogens is 675 g/mol. The van der Waals surface area contributed by atoms with Crippen LogP contribution in [0.3, 0.4) is 0 Å². The van der Waals surface area contributed by atoms with E-state index in [0.29, 0.717) is 0 Å². The Morgan fingerprint density at radius 1 is 1.17 bits per heavy atom. The Kier molecular flexibility index (Phi) is 8.74. The molecule has 3 atom stereocenters. The number of rotatable bonds is 4. The maximum absolute atomic E-state index is 15.0. The van der Waals surface area contributed by atoms with Gasteiger partial charge in [-0.2, -0.15) is 18.2 Å². The third-order valence-corrected chi connectivity index (χ3v) is 10.8. The summed E-state index contributed by atoms with van der Waals surface area (Å²) in [4.78, 5) is 47.9. The number of benzene rings is 1. The number of carbonyl (C=O) groups excluding carboxylic acids is 2. The predicted octanol–water partition coefficient (Wildman–Crippen LogP) is 5.42. The second-order valence-electron chi connectivity index (χ2n) is 11.4. The van der Waals surface area contributed by atoms with Crippen molar-refractivity contribution in [1.29, 1.82) is 5.41 Å². The van der Waals surface area contributed by atoms with Crippen molar-refractivity contribution < 1.29 is 22.8 Å². The molecule has 3 aromatic heterocycles. The third kappa shape index (κ3) is 6.07. The second kappa shape index (κ2) is 12.5. The van der Waals surface area contributed by atoms with Crippen molar-refractivity contribution in [3.05, 3.63) is 81.1 Å². The molecule has 1 fully saturated rings. The molecule has 6 rings (SSSR count). The van der Waals surface area contributed by atoms with Gasteiger partial charge in [-0.3, -0.25) is 19.3 Å². The molecule has 1 aromatic carbocycles. The monoisotopic (exact) mass is 703 g/mol. The van der Waals surface area contributed by atoms with Crippen molar-refractivity contribution in [2.75, 3.05) is 23.7 Å². The maximum atomic E-state index is 15.0. The highest BCUT2D eigenvalue weighted by Gasteiger charge is 2.40. The van der Waals surface area contributed by atoms with Crippen LogP contribution in [-0.4, -0.2) is 67.9 Å². The lowest BCUT2D eigenvalue weighted by Crippen LogP contribution is -2.58. The van der Waals surface area contributed by atoms with Crippen molar-refractivity contribution in [3.63, 3.8) is 0 Å². The Balaban J connectivity index is 1.55. The molecule has 0 radical (unpaired) electrons. The highest BCUT2D eigenvalue weighted by Crippen LogP contribution is 2.49. The minimum atomic E-state index is -4.78. The van der Waals surface area contributed by atoms with Crippen LogP contribution in [0.2, 0.25) is 5.02 Å². The fourth-order valence-electron chi connectivity index (χ4n) is 6.30. The number of alkyl halides is 3. The number of nitrogens with zero attached hydrogens (tertiary/aromatic N) is 5. The van der Waals surface area contributed by atoms with Crippen LogP contribution in [-0.2, 0) is 17.5 Å². The molecule has 10 nitrogen and oxygen atoms in total. The molecule has 1 saturated heterocycles. The normalized spacial score (nSPS) is 19.8. The van der Waals surface area contributed by atoms with Crippen molar-refractivity contribution in [2.24, 2.45) is 0 Å². The van der Waals surface area contributed by atoms with Gasteiger partial charge in [0.15, 0.2) is 0 Å². The van der Waals surface area contributed by atoms with Gasteiger partial charge in [-0.25, -0.2) is 9.59 Å². The fraction of sp³-hybridized carbons (Fsp3) is 0.323. The number of halogens is 4. The minimum absolute atomic E-state index is 0.0647. The molecule has 1 unspecified atom stereocenters. The molecule has 0 bridgehead atoms. The van der Waals surface area contributed by atoms with E-state index in [2.05, 4.69) is 16.9 Å². The highest BCUT2D eigenvalue weighted by molar-refractivity contribution is 7.99. The van der Waals surface area contributed by atoms with Gasteiger partial charge in [0.25, 0.3) is 0 Å². The SMILES string of the molecule is C=CC(=O)N1[C@H](C)CN(c2nc(=O)n3c4c(c(-c5cc(Cl)cs5)c(C(F)(F)F)cc24)SCC(NC(=O)n2ccccc2=N)C3)C[C@@H]1C. The minimum Gasteiger partial charge on any atom is -0.352 e. The van der Waals surface area contributed by atoms with Gasteiger partial charge >= 0.3 is 17.9 Å². The summed E-state index contributed by atoms with van der Waals surface area (Å²) in [5.41, 5.74) is -1.48. The maximum Gasteiger partial charge on any atom is 0.417 e. The number of piperazine rings is 1. The van der Waals surface area contributed by atoms with Crippen molar-refractivity contribution in [2.45, 2.75) is 49.6 Å². The Morgan fingerprint density at radius 2 is 1.89 bits per heavy atom. The summed E-state index contributed by atoms with van der Waals surface area (Å²) in [6, 6.07) is 5.15. The number of aromatic nitrogens is 3.